The van der Waals surface area contributed by atoms with Crippen LogP contribution in [0.4, 0.5) is 5.95 Å². The lowest BCUT2D eigenvalue weighted by Gasteiger charge is -2.23. The van der Waals surface area contributed by atoms with Crippen molar-refractivity contribution in [1.82, 2.24) is 18.7 Å². The third kappa shape index (κ3) is 4.53. The molecule has 0 bridgehead atoms. The van der Waals surface area contributed by atoms with Gasteiger partial charge in [-0.25, -0.2) is 4.79 Å². The van der Waals surface area contributed by atoms with E-state index in [1.807, 2.05) is 28.8 Å². The van der Waals surface area contributed by atoms with Crippen molar-refractivity contribution in [3.8, 4) is 0 Å². The minimum Gasteiger partial charge on any atom is -0.370 e. The first kappa shape index (κ1) is 21.6. The Balaban J connectivity index is 1.64. The number of aromatic nitrogens is 4. The maximum atomic E-state index is 12.9. The summed E-state index contributed by atoms with van der Waals surface area (Å²) >= 11 is 6.16. The van der Waals surface area contributed by atoms with Gasteiger partial charge < -0.3 is 15.0 Å². The number of quaternary nitrogens is 1. The molecule has 9 nitrogen and oxygen atoms in total. The van der Waals surface area contributed by atoms with E-state index in [0.29, 0.717) is 28.7 Å². The third-order valence-electron chi connectivity index (χ3n) is 5.77. The smallest absolute Gasteiger partial charge is 0.332 e. The Bertz CT molecular complexity index is 1190. The number of halogens is 1. The van der Waals surface area contributed by atoms with Gasteiger partial charge in [0.1, 0.15) is 13.1 Å². The summed E-state index contributed by atoms with van der Waals surface area (Å²) in [6.45, 7) is 5.88. The first-order chi connectivity index (χ1) is 15.0. The van der Waals surface area contributed by atoms with Crippen LogP contribution in [0.2, 0.25) is 5.02 Å². The number of nitrogens with one attached hydrogen (secondary N) is 2. The quantitative estimate of drug-likeness (QED) is 0.492. The zero-order valence-corrected chi connectivity index (χ0v) is 18.6. The highest BCUT2D eigenvalue weighted by atomic mass is 35.5. The highest BCUT2D eigenvalue weighted by Gasteiger charge is 2.20. The zero-order chi connectivity index (χ0) is 22.0. The normalized spacial score (nSPS) is 14.9. The largest absolute Gasteiger partial charge is 0.370 e. The Morgan fingerprint density at radius 1 is 1.19 bits per heavy atom. The maximum Gasteiger partial charge on any atom is 0.332 e. The molecule has 3 aromatic rings. The second-order valence-corrected chi connectivity index (χ2v) is 8.36. The molecule has 0 spiro atoms. The van der Waals surface area contributed by atoms with E-state index in [9.17, 15) is 9.59 Å². The van der Waals surface area contributed by atoms with E-state index < -0.39 is 5.69 Å². The van der Waals surface area contributed by atoms with Crippen molar-refractivity contribution in [2.24, 2.45) is 14.1 Å². The predicted molar refractivity (Wildman–Crippen MR) is 120 cm³/mol. The van der Waals surface area contributed by atoms with Crippen molar-refractivity contribution in [2.45, 2.75) is 13.0 Å². The van der Waals surface area contributed by atoms with Crippen LogP contribution in [-0.2, 0) is 25.4 Å². The second kappa shape index (κ2) is 9.25. The molecule has 166 valence electrons. The monoisotopic (exact) mass is 447 g/mol. The van der Waals surface area contributed by atoms with Crippen molar-refractivity contribution in [3.05, 3.63) is 55.7 Å². The van der Waals surface area contributed by atoms with E-state index in [1.54, 1.807) is 7.05 Å². The number of aryl methyl sites for hydroxylation is 1. The van der Waals surface area contributed by atoms with Gasteiger partial charge in [0, 0.05) is 32.1 Å². The molecule has 0 unspecified atom stereocenters. The number of anilines is 1. The summed E-state index contributed by atoms with van der Waals surface area (Å²) in [5, 5.41) is 4.01. The molecule has 1 aliphatic heterocycles. The molecule has 3 heterocycles. The standard InChI is InChI=1S/C21H27ClN6O3/c1-25-18-17(19(29)26(2)21(25)30)28(14-15-5-3-6-16(22)13-15)20(24-18)23-7-4-8-27-9-11-31-12-10-27/h3,5-6,13H,4,7-12,14H2,1-2H3,(H,23,24)/p+1. The molecule has 0 saturated carbocycles. The van der Waals surface area contributed by atoms with Crippen molar-refractivity contribution in [2.75, 3.05) is 44.7 Å². The Hall–Kier alpha value is -2.62. The predicted octanol–water partition coefficient (Wildman–Crippen LogP) is -0.147. The molecular formula is C21H28ClN6O3+. The van der Waals surface area contributed by atoms with E-state index in [1.165, 1.54) is 16.5 Å². The van der Waals surface area contributed by atoms with E-state index in [0.717, 1.165) is 55.9 Å². The number of imidazole rings is 1. The van der Waals surface area contributed by atoms with Crippen LogP contribution in [0.25, 0.3) is 11.2 Å². The average Bonchev–Trinajstić information content (AvgIpc) is 3.13. The molecular weight excluding hydrogens is 420 g/mol. The maximum absolute atomic E-state index is 12.9. The molecule has 1 aromatic carbocycles. The Morgan fingerprint density at radius 3 is 2.71 bits per heavy atom. The summed E-state index contributed by atoms with van der Waals surface area (Å²) in [5.74, 6) is 0.574. The number of hydrogen-bond acceptors (Lipinski definition) is 5. The van der Waals surface area contributed by atoms with Gasteiger partial charge in [0.05, 0.1) is 26.3 Å². The van der Waals surface area contributed by atoms with Gasteiger partial charge in [0.2, 0.25) is 5.95 Å². The second-order valence-electron chi connectivity index (χ2n) is 7.92. The van der Waals surface area contributed by atoms with Crippen LogP contribution in [0, 0.1) is 0 Å². The minimum absolute atomic E-state index is 0.363. The molecule has 2 N–H and O–H groups in total. The molecule has 1 saturated heterocycles. The van der Waals surface area contributed by atoms with Gasteiger partial charge in [-0.1, -0.05) is 23.7 Å². The number of benzene rings is 1. The summed E-state index contributed by atoms with van der Waals surface area (Å²) in [6.07, 6.45) is 0.965. The SMILES string of the molecule is Cn1c(=O)c2c(nc(NCCC[NH+]3CCOCC3)n2Cc2cccc(Cl)c2)n(C)c1=O. The molecule has 1 fully saturated rings. The lowest BCUT2D eigenvalue weighted by atomic mass is 10.2. The fraction of sp³-hybridized carbons (Fsp3) is 0.476. The first-order valence-corrected chi connectivity index (χ1v) is 10.9. The van der Waals surface area contributed by atoms with Gasteiger partial charge in [-0.15, -0.1) is 0 Å². The van der Waals surface area contributed by atoms with Crippen LogP contribution >= 0.6 is 11.6 Å². The summed E-state index contributed by atoms with van der Waals surface area (Å²) in [4.78, 5) is 31.5. The van der Waals surface area contributed by atoms with Crippen LogP contribution in [0.1, 0.15) is 12.0 Å². The summed E-state index contributed by atoms with van der Waals surface area (Å²) in [7, 11) is 3.12. The lowest BCUT2D eigenvalue weighted by Crippen LogP contribution is -3.14. The van der Waals surface area contributed by atoms with Gasteiger partial charge in [-0.05, 0) is 17.7 Å². The number of morpholine rings is 1. The highest BCUT2D eigenvalue weighted by Crippen LogP contribution is 2.19. The Labute approximate surface area is 184 Å². The van der Waals surface area contributed by atoms with Crippen LogP contribution in [-0.4, -0.2) is 58.1 Å². The number of rotatable bonds is 7. The highest BCUT2D eigenvalue weighted by molar-refractivity contribution is 6.30. The Morgan fingerprint density at radius 2 is 1.97 bits per heavy atom. The summed E-state index contributed by atoms with van der Waals surface area (Å²) in [5.41, 5.74) is 0.955. The van der Waals surface area contributed by atoms with Crippen LogP contribution in [0.15, 0.2) is 33.9 Å². The van der Waals surface area contributed by atoms with Gasteiger partial charge in [-0.2, -0.15) is 4.98 Å². The van der Waals surface area contributed by atoms with Gasteiger partial charge >= 0.3 is 5.69 Å². The number of nitrogens with zero attached hydrogens (tertiary/aromatic N) is 4. The molecule has 4 rings (SSSR count). The number of hydrogen-bond donors (Lipinski definition) is 2. The summed E-state index contributed by atoms with van der Waals surface area (Å²) < 4.78 is 9.78. The molecule has 0 atom stereocenters. The van der Waals surface area contributed by atoms with E-state index in [2.05, 4.69) is 10.3 Å². The molecule has 0 amide bonds. The number of fused-ring (bicyclic) bond motifs is 1. The van der Waals surface area contributed by atoms with E-state index in [4.69, 9.17) is 16.3 Å². The van der Waals surface area contributed by atoms with Crippen molar-refractivity contribution >= 4 is 28.7 Å². The zero-order valence-electron chi connectivity index (χ0n) is 17.9. The lowest BCUT2D eigenvalue weighted by molar-refractivity contribution is -0.908. The van der Waals surface area contributed by atoms with Crippen molar-refractivity contribution < 1.29 is 9.64 Å². The van der Waals surface area contributed by atoms with E-state index in [-0.39, 0.29) is 5.56 Å². The van der Waals surface area contributed by atoms with E-state index >= 15 is 0 Å². The molecule has 10 heteroatoms. The topological polar surface area (TPSA) is 87.5 Å². The molecule has 0 radical (unpaired) electrons. The summed E-state index contributed by atoms with van der Waals surface area (Å²) in [6, 6.07) is 7.51. The van der Waals surface area contributed by atoms with Gasteiger partial charge in [0.15, 0.2) is 11.2 Å². The van der Waals surface area contributed by atoms with Crippen LogP contribution in [0.3, 0.4) is 0 Å². The molecule has 31 heavy (non-hydrogen) atoms. The number of ether oxygens (including phenoxy) is 1. The molecule has 1 aliphatic rings. The minimum atomic E-state index is -0.396. The van der Waals surface area contributed by atoms with Crippen molar-refractivity contribution in [3.63, 3.8) is 0 Å². The van der Waals surface area contributed by atoms with Gasteiger partial charge in [0.25, 0.3) is 5.56 Å². The molecule has 2 aromatic heterocycles. The Kier molecular flexibility index (Phi) is 6.45. The fourth-order valence-electron chi connectivity index (χ4n) is 4.00. The fourth-order valence-corrected chi connectivity index (χ4v) is 4.21. The van der Waals surface area contributed by atoms with Crippen LogP contribution in [0.5, 0.6) is 0 Å². The first-order valence-electron chi connectivity index (χ1n) is 10.5. The molecule has 0 aliphatic carbocycles. The third-order valence-corrected chi connectivity index (χ3v) is 6.00. The van der Waals surface area contributed by atoms with Crippen LogP contribution < -0.4 is 21.5 Å². The van der Waals surface area contributed by atoms with Gasteiger partial charge in [-0.3, -0.25) is 18.5 Å². The van der Waals surface area contributed by atoms with Crippen molar-refractivity contribution in [1.29, 1.82) is 0 Å². The average molecular weight is 448 g/mol.